The predicted octanol–water partition coefficient (Wildman–Crippen LogP) is 3.34. The van der Waals surface area contributed by atoms with Gasteiger partial charge in [-0.05, 0) is 43.3 Å². The topological polar surface area (TPSA) is 70.4 Å². The van der Waals surface area contributed by atoms with Crippen LogP contribution in [0.3, 0.4) is 0 Å². The minimum absolute atomic E-state index is 0.0522. The summed E-state index contributed by atoms with van der Waals surface area (Å²) in [5.74, 6) is -0.515. The molecule has 1 aromatic heterocycles. The van der Waals surface area contributed by atoms with E-state index in [1.807, 2.05) is 13.8 Å². The summed E-state index contributed by atoms with van der Waals surface area (Å²) in [6, 6.07) is 5.87. The van der Waals surface area contributed by atoms with Gasteiger partial charge >= 0.3 is 0 Å². The number of aliphatic imine (C=N–C) groups is 1. The summed E-state index contributed by atoms with van der Waals surface area (Å²) in [5, 5.41) is 10.3. The van der Waals surface area contributed by atoms with Crippen molar-refractivity contribution < 1.29 is 9.50 Å². The summed E-state index contributed by atoms with van der Waals surface area (Å²) in [6.07, 6.45) is 2.06. The monoisotopic (exact) mass is 335 g/mol. The van der Waals surface area contributed by atoms with Gasteiger partial charge in [0.25, 0.3) is 5.56 Å². The molecule has 0 spiro atoms. The van der Waals surface area contributed by atoms with E-state index in [0.29, 0.717) is 0 Å². The fourth-order valence-corrected chi connectivity index (χ4v) is 2.45. The molecule has 2 N–H and O–H groups in total. The van der Waals surface area contributed by atoms with E-state index in [9.17, 15) is 14.3 Å². The molecule has 0 aliphatic heterocycles. The Bertz CT molecular complexity index is 825. The quantitative estimate of drug-likeness (QED) is 0.650. The molecule has 1 atom stereocenters. The van der Waals surface area contributed by atoms with Gasteiger partial charge in [0.15, 0.2) is 4.77 Å². The molecule has 0 saturated heterocycles. The van der Waals surface area contributed by atoms with Gasteiger partial charge in [-0.1, -0.05) is 19.1 Å². The van der Waals surface area contributed by atoms with Crippen molar-refractivity contribution in [2.45, 2.75) is 32.9 Å². The van der Waals surface area contributed by atoms with Crippen LogP contribution in [0.25, 0.3) is 0 Å². The number of H-pyrrole nitrogens is 1. The maximum Gasteiger partial charge on any atom is 0.264 e. The maximum absolute atomic E-state index is 12.8. The van der Waals surface area contributed by atoms with Crippen LogP contribution in [0.2, 0.25) is 0 Å². The number of aromatic hydroxyl groups is 1. The molecule has 5 nitrogen and oxygen atoms in total. The highest BCUT2D eigenvalue weighted by Crippen LogP contribution is 2.20. The second kappa shape index (κ2) is 7.32. The Labute approximate surface area is 138 Å². The van der Waals surface area contributed by atoms with Gasteiger partial charge in [0.05, 0.1) is 6.54 Å². The van der Waals surface area contributed by atoms with Gasteiger partial charge in [0.1, 0.15) is 11.4 Å². The highest BCUT2D eigenvalue weighted by molar-refractivity contribution is 7.71. The van der Waals surface area contributed by atoms with E-state index in [0.717, 1.165) is 12.0 Å². The standard InChI is InChI=1S/C16H18FN3O2S/c1-3-10(2)20-15(22)13(14(21)19-16(20)23)9-18-8-11-4-6-12(17)7-5-11/h4-7,9-10,22H,3,8H2,1-2H3,(H,19,21,23). The number of aromatic nitrogens is 2. The lowest BCUT2D eigenvalue weighted by atomic mass is 10.2. The van der Waals surface area contributed by atoms with Crippen molar-refractivity contribution in [3.63, 3.8) is 0 Å². The lowest BCUT2D eigenvalue weighted by Gasteiger charge is -2.16. The molecule has 23 heavy (non-hydrogen) atoms. The Morgan fingerprint density at radius 1 is 1.43 bits per heavy atom. The van der Waals surface area contributed by atoms with Crippen molar-refractivity contribution in [2.75, 3.05) is 0 Å². The molecular weight excluding hydrogens is 317 g/mol. The van der Waals surface area contributed by atoms with Gasteiger partial charge in [-0.3, -0.25) is 19.3 Å². The number of hydrogen-bond donors (Lipinski definition) is 2. The first-order chi connectivity index (χ1) is 10.9. The molecular formula is C16H18FN3O2S. The Morgan fingerprint density at radius 3 is 2.70 bits per heavy atom. The average Bonchev–Trinajstić information content (AvgIpc) is 2.51. The second-order valence-corrected chi connectivity index (χ2v) is 5.61. The van der Waals surface area contributed by atoms with E-state index >= 15 is 0 Å². The lowest BCUT2D eigenvalue weighted by molar-refractivity contribution is 0.371. The lowest BCUT2D eigenvalue weighted by Crippen LogP contribution is -2.20. The molecule has 0 saturated carbocycles. The zero-order valence-electron chi connectivity index (χ0n) is 12.9. The minimum atomic E-state index is -0.491. The molecule has 1 aromatic carbocycles. The van der Waals surface area contributed by atoms with Crippen molar-refractivity contribution in [3.8, 4) is 5.88 Å². The fourth-order valence-electron chi connectivity index (χ4n) is 2.09. The zero-order chi connectivity index (χ0) is 17.0. The van der Waals surface area contributed by atoms with Crippen LogP contribution in [0.5, 0.6) is 5.88 Å². The van der Waals surface area contributed by atoms with E-state index in [1.165, 1.54) is 22.9 Å². The van der Waals surface area contributed by atoms with Crippen molar-refractivity contribution in [3.05, 3.63) is 56.3 Å². The fraction of sp³-hybridized carbons (Fsp3) is 0.312. The Kier molecular flexibility index (Phi) is 5.44. The number of hydrogen-bond acceptors (Lipinski definition) is 4. The van der Waals surface area contributed by atoms with E-state index in [4.69, 9.17) is 12.2 Å². The normalized spacial score (nSPS) is 12.7. The van der Waals surface area contributed by atoms with Crippen LogP contribution in [0.4, 0.5) is 4.39 Å². The summed E-state index contributed by atoms with van der Waals surface area (Å²) < 4.78 is 14.5. The van der Waals surface area contributed by atoms with Crippen molar-refractivity contribution >= 4 is 18.4 Å². The molecule has 2 rings (SSSR count). The third-order valence-electron chi connectivity index (χ3n) is 3.59. The van der Waals surface area contributed by atoms with Crippen LogP contribution in [-0.2, 0) is 6.54 Å². The summed E-state index contributed by atoms with van der Waals surface area (Å²) in [7, 11) is 0. The van der Waals surface area contributed by atoms with Crippen LogP contribution >= 0.6 is 12.2 Å². The van der Waals surface area contributed by atoms with Gasteiger partial charge in [-0.15, -0.1) is 0 Å². The van der Waals surface area contributed by atoms with Crippen LogP contribution in [0.15, 0.2) is 34.1 Å². The summed E-state index contributed by atoms with van der Waals surface area (Å²) in [4.78, 5) is 18.7. The molecule has 0 bridgehead atoms. The van der Waals surface area contributed by atoms with E-state index in [2.05, 4.69) is 9.98 Å². The molecule has 0 amide bonds. The van der Waals surface area contributed by atoms with E-state index < -0.39 is 5.56 Å². The molecule has 7 heteroatoms. The van der Waals surface area contributed by atoms with Crippen molar-refractivity contribution in [1.82, 2.24) is 9.55 Å². The molecule has 0 fully saturated rings. The second-order valence-electron chi connectivity index (χ2n) is 5.22. The molecule has 122 valence electrons. The minimum Gasteiger partial charge on any atom is -0.494 e. The van der Waals surface area contributed by atoms with Crippen LogP contribution in [0.1, 0.15) is 37.4 Å². The number of benzene rings is 1. The van der Waals surface area contributed by atoms with E-state index in [-0.39, 0.29) is 34.6 Å². The largest absolute Gasteiger partial charge is 0.494 e. The third kappa shape index (κ3) is 3.92. The molecule has 0 aliphatic rings. The summed E-state index contributed by atoms with van der Waals surface area (Å²) in [5.41, 5.74) is 0.365. The third-order valence-corrected chi connectivity index (χ3v) is 3.89. The van der Waals surface area contributed by atoms with Gasteiger partial charge in [0, 0.05) is 12.3 Å². The first-order valence-corrected chi connectivity index (χ1v) is 7.67. The van der Waals surface area contributed by atoms with Crippen molar-refractivity contribution in [1.29, 1.82) is 0 Å². The van der Waals surface area contributed by atoms with E-state index in [1.54, 1.807) is 12.1 Å². The smallest absolute Gasteiger partial charge is 0.264 e. The number of aromatic amines is 1. The first-order valence-electron chi connectivity index (χ1n) is 7.26. The average molecular weight is 335 g/mol. The Balaban J connectivity index is 2.32. The molecule has 0 aliphatic carbocycles. The van der Waals surface area contributed by atoms with Gasteiger partial charge in [-0.25, -0.2) is 4.39 Å². The van der Waals surface area contributed by atoms with Crippen molar-refractivity contribution in [2.24, 2.45) is 4.99 Å². The van der Waals surface area contributed by atoms with Crippen LogP contribution < -0.4 is 5.56 Å². The van der Waals surface area contributed by atoms with Crippen LogP contribution in [0, 0.1) is 10.6 Å². The number of nitrogens with one attached hydrogen (secondary N) is 1. The SMILES string of the molecule is CCC(C)n1c(O)c(C=NCc2ccc(F)cc2)c(=O)[nH]c1=S. The van der Waals surface area contributed by atoms with Crippen LogP contribution in [-0.4, -0.2) is 20.9 Å². The highest BCUT2D eigenvalue weighted by atomic mass is 32.1. The van der Waals surface area contributed by atoms with Gasteiger partial charge < -0.3 is 5.11 Å². The summed E-state index contributed by atoms with van der Waals surface area (Å²) in [6.45, 7) is 4.13. The molecule has 0 radical (unpaired) electrons. The zero-order valence-corrected chi connectivity index (χ0v) is 13.7. The first kappa shape index (κ1) is 17.1. The number of halogens is 1. The predicted molar refractivity (Wildman–Crippen MR) is 90.3 cm³/mol. The highest BCUT2D eigenvalue weighted by Gasteiger charge is 2.14. The molecule has 1 heterocycles. The Hall–Kier alpha value is -2.28. The number of rotatable bonds is 5. The Morgan fingerprint density at radius 2 is 2.09 bits per heavy atom. The molecule has 1 unspecified atom stereocenters. The maximum atomic E-state index is 12.8. The summed E-state index contributed by atoms with van der Waals surface area (Å²) >= 11 is 5.10. The number of nitrogens with zero attached hydrogens (tertiary/aromatic N) is 2. The molecule has 2 aromatic rings. The van der Waals surface area contributed by atoms with Gasteiger partial charge in [0.2, 0.25) is 5.88 Å². The van der Waals surface area contributed by atoms with Gasteiger partial charge in [-0.2, -0.15) is 0 Å².